The predicted octanol–water partition coefficient (Wildman–Crippen LogP) is 9.00. The van der Waals surface area contributed by atoms with E-state index < -0.39 is 0 Å². The number of hydrogen-bond acceptors (Lipinski definition) is 3. The molecule has 0 radical (unpaired) electrons. The van der Waals surface area contributed by atoms with Crippen molar-refractivity contribution >= 4 is 47.8 Å². The molecule has 0 spiro atoms. The summed E-state index contributed by atoms with van der Waals surface area (Å²) >= 11 is 11.2. The summed E-state index contributed by atoms with van der Waals surface area (Å²) in [6.07, 6.45) is 0. The Morgan fingerprint density at radius 1 is 0.424 bits per heavy atom. The van der Waals surface area contributed by atoms with Crippen molar-refractivity contribution in [2.75, 3.05) is 21.3 Å². The molecular formula is C27H21Br3O3. The van der Waals surface area contributed by atoms with E-state index in [1.54, 1.807) is 21.3 Å². The van der Waals surface area contributed by atoms with E-state index in [1.165, 1.54) is 0 Å². The molecule has 0 heterocycles. The van der Waals surface area contributed by atoms with E-state index in [0.717, 1.165) is 64.0 Å². The summed E-state index contributed by atoms with van der Waals surface area (Å²) in [5, 5.41) is 0. The Bertz CT molecular complexity index is 1150. The van der Waals surface area contributed by atoms with E-state index in [2.05, 4.69) is 84.2 Å². The van der Waals surface area contributed by atoms with Gasteiger partial charge < -0.3 is 14.2 Å². The highest BCUT2D eigenvalue weighted by molar-refractivity contribution is 9.11. The van der Waals surface area contributed by atoms with Crippen LogP contribution >= 0.6 is 47.8 Å². The van der Waals surface area contributed by atoms with E-state index in [0.29, 0.717) is 0 Å². The first kappa shape index (κ1) is 23.9. The van der Waals surface area contributed by atoms with Crippen molar-refractivity contribution in [3.8, 4) is 50.6 Å². The molecule has 0 N–H and O–H groups in total. The summed E-state index contributed by atoms with van der Waals surface area (Å²) in [5.74, 6) is 2.41. The minimum absolute atomic E-state index is 0.804. The summed E-state index contributed by atoms with van der Waals surface area (Å²) in [7, 11) is 5.01. The van der Waals surface area contributed by atoms with Gasteiger partial charge in [-0.05, 0) is 106 Å². The van der Waals surface area contributed by atoms with Crippen molar-refractivity contribution in [1.29, 1.82) is 0 Å². The molecule has 0 aliphatic rings. The number of benzene rings is 4. The Kier molecular flexibility index (Phi) is 7.47. The van der Waals surface area contributed by atoms with E-state index >= 15 is 0 Å². The van der Waals surface area contributed by atoms with Gasteiger partial charge in [0.2, 0.25) is 0 Å². The van der Waals surface area contributed by atoms with Crippen molar-refractivity contribution in [3.63, 3.8) is 0 Å². The van der Waals surface area contributed by atoms with Crippen LogP contribution in [0, 0.1) is 0 Å². The molecule has 0 amide bonds. The lowest BCUT2D eigenvalue weighted by atomic mass is 9.93. The Balaban J connectivity index is 1.94. The molecule has 0 fully saturated rings. The van der Waals surface area contributed by atoms with Gasteiger partial charge in [0.05, 0.1) is 21.3 Å². The first-order valence-electron chi connectivity index (χ1n) is 10.1. The highest BCUT2D eigenvalue weighted by Gasteiger charge is 2.14. The first-order valence-corrected chi connectivity index (χ1v) is 12.5. The highest BCUT2D eigenvalue weighted by Crippen LogP contribution is 2.41. The maximum Gasteiger partial charge on any atom is 0.120 e. The van der Waals surface area contributed by atoms with Crippen LogP contribution in [-0.4, -0.2) is 21.3 Å². The molecule has 33 heavy (non-hydrogen) atoms. The fourth-order valence-electron chi connectivity index (χ4n) is 3.66. The zero-order valence-corrected chi connectivity index (χ0v) is 23.0. The van der Waals surface area contributed by atoms with E-state index in [-0.39, 0.29) is 0 Å². The summed E-state index contributed by atoms with van der Waals surface area (Å²) in [6.45, 7) is 0. The fraction of sp³-hybridized carbons (Fsp3) is 0.111. The molecule has 168 valence electrons. The fourth-order valence-corrected chi connectivity index (χ4v) is 5.42. The minimum Gasteiger partial charge on any atom is -0.497 e. The van der Waals surface area contributed by atoms with Crippen molar-refractivity contribution < 1.29 is 14.2 Å². The Labute approximate surface area is 219 Å². The van der Waals surface area contributed by atoms with Crippen molar-refractivity contribution in [2.45, 2.75) is 0 Å². The van der Waals surface area contributed by atoms with Gasteiger partial charge in [-0.3, -0.25) is 0 Å². The third kappa shape index (κ3) is 5.13. The van der Waals surface area contributed by atoms with Gasteiger partial charge in [-0.15, -0.1) is 0 Å². The molecule has 6 heteroatoms. The largest absolute Gasteiger partial charge is 0.497 e. The molecule has 3 nitrogen and oxygen atoms in total. The number of rotatable bonds is 6. The van der Waals surface area contributed by atoms with Gasteiger partial charge in [-0.1, -0.05) is 47.8 Å². The SMILES string of the molecule is COc1ccc(-c2cc(-c3ccc(OC)cc3Br)cc(-c3ccc(OC)cc3Br)c2)c(Br)c1. The van der Waals surface area contributed by atoms with Crippen LogP contribution in [0.5, 0.6) is 17.2 Å². The Morgan fingerprint density at radius 3 is 0.909 bits per heavy atom. The average Bonchev–Trinajstić information content (AvgIpc) is 2.83. The summed E-state index contributed by atoms with van der Waals surface area (Å²) in [5.41, 5.74) is 6.49. The molecule has 0 aliphatic heterocycles. The topological polar surface area (TPSA) is 27.7 Å². The first-order chi connectivity index (χ1) is 15.9. The van der Waals surface area contributed by atoms with Crippen LogP contribution < -0.4 is 14.2 Å². The molecule has 0 bridgehead atoms. The second kappa shape index (κ2) is 10.3. The van der Waals surface area contributed by atoms with E-state index in [1.807, 2.05) is 36.4 Å². The second-order valence-corrected chi connectivity index (χ2v) is 9.90. The summed E-state index contributed by atoms with van der Waals surface area (Å²) in [4.78, 5) is 0. The molecule has 0 saturated carbocycles. The van der Waals surface area contributed by atoms with Gasteiger partial charge in [-0.25, -0.2) is 0 Å². The van der Waals surface area contributed by atoms with Gasteiger partial charge in [0, 0.05) is 13.4 Å². The normalized spacial score (nSPS) is 10.7. The number of hydrogen-bond donors (Lipinski definition) is 0. The molecule has 4 aromatic carbocycles. The highest BCUT2D eigenvalue weighted by atomic mass is 79.9. The predicted molar refractivity (Wildman–Crippen MR) is 146 cm³/mol. The Hall–Kier alpha value is -2.28. The van der Waals surface area contributed by atoms with Crippen LogP contribution in [-0.2, 0) is 0 Å². The average molecular weight is 633 g/mol. The molecule has 0 atom stereocenters. The molecule has 0 saturated heterocycles. The summed E-state index contributed by atoms with van der Waals surface area (Å²) < 4.78 is 19.0. The number of halogens is 3. The second-order valence-electron chi connectivity index (χ2n) is 7.34. The van der Waals surface area contributed by atoms with Crippen molar-refractivity contribution in [3.05, 3.63) is 86.2 Å². The smallest absolute Gasteiger partial charge is 0.120 e. The quantitative estimate of drug-likeness (QED) is 0.212. The lowest BCUT2D eigenvalue weighted by Gasteiger charge is -2.15. The lowest BCUT2D eigenvalue weighted by molar-refractivity contribution is 0.414. The van der Waals surface area contributed by atoms with Crippen LogP contribution in [0.15, 0.2) is 86.2 Å². The molecule has 0 aliphatic carbocycles. The monoisotopic (exact) mass is 630 g/mol. The zero-order valence-electron chi connectivity index (χ0n) is 18.3. The molecule has 0 aromatic heterocycles. The summed E-state index contributed by atoms with van der Waals surface area (Å²) in [6, 6.07) is 24.6. The van der Waals surface area contributed by atoms with Crippen LogP contribution in [0.25, 0.3) is 33.4 Å². The Morgan fingerprint density at radius 2 is 0.697 bits per heavy atom. The zero-order chi connectivity index (χ0) is 23.5. The maximum absolute atomic E-state index is 5.38. The van der Waals surface area contributed by atoms with Crippen LogP contribution in [0.2, 0.25) is 0 Å². The van der Waals surface area contributed by atoms with Gasteiger partial charge >= 0.3 is 0 Å². The maximum atomic E-state index is 5.38. The lowest BCUT2D eigenvalue weighted by Crippen LogP contribution is -1.91. The standard InChI is InChI=1S/C27H21Br3O3/c1-31-19-4-7-22(25(28)13-19)16-10-17(23-8-5-20(32-2)14-26(23)29)12-18(11-16)24-9-6-21(33-3)15-27(24)30/h4-15H,1-3H3. The van der Waals surface area contributed by atoms with Gasteiger partial charge in [0.1, 0.15) is 17.2 Å². The van der Waals surface area contributed by atoms with Crippen LogP contribution in [0.4, 0.5) is 0 Å². The van der Waals surface area contributed by atoms with E-state index in [9.17, 15) is 0 Å². The van der Waals surface area contributed by atoms with Crippen LogP contribution in [0.3, 0.4) is 0 Å². The molecule has 0 unspecified atom stereocenters. The van der Waals surface area contributed by atoms with Gasteiger partial charge in [-0.2, -0.15) is 0 Å². The van der Waals surface area contributed by atoms with E-state index in [4.69, 9.17) is 14.2 Å². The third-order valence-electron chi connectivity index (χ3n) is 5.39. The molecule has 4 rings (SSSR count). The molecule has 4 aromatic rings. The third-order valence-corrected chi connectivity index (χ3v) is 7.36. The number of ether oxygens (including phenoxy) is 3. The minimum atomic E-state index is 0.804. The number of methoxy groups -OCH3 is 3. The van der Waals surface area contributed by atoms with Gasteiger partial charge in [0.15, 0.2) is 0 Å². The van der Waals surface area contributed by atoms with Crippen molar-refractivity contribution in [1.82, 2.24) is 0 Å². The van der Waals surface area contributed by atoms with Crippen molar-refractivity contribution in [2.24, 2.45) is 0 Å². The molecular weight excluding hydrogens is 612 g/mol. The van der Waals surface area contributed by atoms with Crippen LogP contribution in [0.1, 0.15) is 0 Å². The van der Waals surface area contributed by atoms with Gasteiger partial charge in [0.25, 0.3) is 0 Å².